The highest BCUT2D eigenvalue weighted by molar-refractivity contribution is 5.94. The van der Waals surface area contributed by atoms with Gasteiger partial charge in [-0.05, 0) is 31.5 Å². The summed E-state index contributed by atoms with van der Waals surface area (Å²) in [6, 6.07) is 5.06. The molecule has 0 aliphatic heterocycles. The second-order valence-corrected chi connectivity index (χ2v) is 4.55. The van der Waals surface area contributed by atoms with Crippen molar-refractivity contribution in [2.24, 2.45) is 0 Å². The molecule has 0 aliphatic rings. The summed E-state index contributed by atoms with van der Waals surface area (Å²) in [6.07, 6.45) is 2.87. The molecule has 1 atom stereocenters. The molecule has 0 spiro atoms. The number of aliphatic hydroxyl groups excluding tert-OH is 1. The van der Waals surface area contributed by atoms with Crippen molar-refractivity contribution in [2.75, 3.05) is 11.9 Å². The average molecular weight is 284 g/mol. The molecule has 21 heavy (non-hydrogen) atoms. The third kappa shape index (κ3) is 3.68. The Kier molecular flexibility index (Phi) is 4.69. The highest BCUT2D eigenvalue weighted by atomic mass is 16.2. The number of carbonyl (C=O) groups excluding carboxylic acids is 1. The Hall–Kier alpha value is -2.65. The predicted octanol–water partition coefficient (Wildman–Crippen LogP) is 1.13. The Morgan fingerprint density at radius 2 is 2.33 bits per heavy atom. The summed E-state index contributed by atoms with van der Waals surface area (Å²) < 4.78 is 1.47. The molecule has 0 fully saturated rings. The van der Waals surface area contributed by atoms with E-state index >= 15 is 0 Å². The number of aromatic nitrogens is 3. The number of rotatable bonds is 3. The van der Waals surface area contributed by atoms with Crippen LogP contribution in [0.1, 0.15) is 24.1 Å². The fraction of sp³-hybridized carbons (Fsp3) is 0.267. The summed E-state index contributed by atoms with van der Waals surface area (Å²) >= 11 is 0. The van der Waals surface area contributed by atoms with Crippen LogP contribution in [-0.4, -0.2) is 32.4 Å². The quantitative estimate of drug-likeness (QED) is 0.828. The lowest BCUT2D eigenvalue weighted by atomic mass is 10.1. The van der Waals surface area contributed by atoms with Gasteiger partial charge in [-0.1, -0.05) is 17.9 Å². The number of anilines is 1. The van der Waals surface area contributed by atoms with Crippen LogP contribution in [0.25, 0.3) is 0 Å². The fourth-order valence-electron chi connectivity index (χ4n) is 1.78. The number of hydrogen-bond acceptors (Lipinski definition) is 4. The van der Waals surface area contributed by atoms with E-state index in [4.69, 9.17) is 5.11 Å². The Bertz CT molecular complexity index is 683. The maximum absolute atomic E-state index is 12.2. The number of carbonyl (C=O) groups is 1. The molecule has 1 aromatic carbocycles. The Morgan fingerprint density at radius 1 is 1.52 bits per heavy atom. The van der Waals surface area contributed by atoms with Gasteiger partial charge in [0.1, 0.15) is 25.3 Å². The first kappa shape index (κ1) is 14.8. The molecule has 1 heterocycles. The molecule has 6 heteroatoms. The van der Waals surface area contributed by atoms with Crippen molar-refractivity contribution in [3.8, 4) is 11.8 Å². The molecule has 0 saturated heterocycles. The van der Waals surface area contributed by atoms with E-state index in [0.29, 0.717) is 11.3 Å². The fourth-order valence-corrected chi connectivity index (χ4v) is 1.78. The molecule has 2 rings (SSSR count). The molecular formula is C15H16N4O2. The number of benzene rings is 1. The molecule has 0 radical (unpaired) electrons. The molecular weight excluding hydrogens is 268 g/mol. The average Bonchev–Trinajstić information content (AvgIpc) is 3.00. The van der Waals surface area contributed by atoms with E-state index in [1.807, 2.05) is 19.1 Å². The first-order chi connectivity index (χ1) is 10.1. The van der Waals surface area contributed by atoms with Crippen LogP contribution in [0, 0.1) is 18.8 Å². The molecule has 0 aliphatic carbocycles. The summed E-state index contributed by atoms with van der Waals surface area (Å²) in [7, 11) is 0. The van der Waals surface area contributed by atoms with Crippen LogP contribution in [0.2, 0.25) is 0 Å². The lowest BCUT2D eigenvalue weighted by Gasteiger charge is -2.13. The van der Waals surface area contributed by atoms with Crippen molar-refractivity contribution in [1.29, 1.82) is 0 Å². The zero-order valence-corrected chi connectivity index (χ0v) is 11.9. The van der Waals surface area contributed by atoms with Gasteiger partial charge in [0.2, 0.25) is 5.91 Å². The molecule has 6 nitrogen and oxygen atoms in total. The first-order valence-corrected chi connectivity index (χ1v) is 6.47. The minimum absolute atomic E-state index is 0.212. The van der Waals surface area contributed by atoms with Gasteiger partial charge in [-0.2, -0.15) is 5.10 Å². The maximum atomic E-state index is 12.2. The van der Waals surface area contributed by atoms with Gasteiger partial charge in [-0.3, -0.25) is 4.79 Å². The van der Waals surface area contributed by atoms with E-state index < -0.39 is 6.04 Å². The minimum Gasteiger partial charge on any atom is -0.384 e. The number of hydrogen-bond donors (Lipinski definition) is 2. The van der Waals surface area contributed by atoms with Crippen LogP contribution in [0.15, 0.2) is 30.9 Å². The van der Waals surface area contributed by atoms with Crippen LogP contribution >= 0.6 is 0 Å². The summed E-state index contributed by atoms with van der Waals surface area (Å²) in [5, 5.41) is 15.6. The standard InChI is InChI=1S/C15H16N4O2/c1-11-5-6-14(13(8-11)4-3-7-20)18-15(21)12(2)19-10-16-9-17-19/h5-6,8-10,12,20H,7H2,1-2H3,(H,18,21). The van der Waals surface area contributed by atoms with Crippen molar-refractivity contribution >= 4 is 11.6 Å². The monoisotopic (exact) mass is 284 g/mol. The van der Waals surface area contributed by atoms with E-state index in [9.17, 15) is 4.79 Å². The molecule has 2 aromatic rings. The van der Waals surface area contributed by atoms with Crippen LogP contribution in [0.5, 0.6) is 0 Å². The Balaban J connectivity index is 2.21. The molecule has 1 aromatic heterocycles. The Labute approximate surface area is 122 Å². The van der Waals surface area contributed by atoms with Gasteiger partial charge in [0.25, 0.3) is 0 Å². The zero-order valence-electron chi connectivity index (χ0n) is 11.9. The van der Waals surface area contributed by atoms with E-state index in [2.05, 4.69) is 27.2 Å². The third-order valence-electron chi connectivity index (χ3n) is 2.95. The molecule has 0 saturated carbocycles. The van der Waals surface area contributed by atoms with E-state index in [1.54, 1.807) is 13.0 Å². The van der Waals surface area contributed by atoms with E-state index in [0.717, 1.165) is 5.56 Å². The van der Waals surface area contributed by atoms with Crippen molar-refractivity contribution in [2.45, 2.75) is 19.9 Å². The van der Waals surface area contributed by atoms with Gasteiger partial charge in [0.15, 0.2) is 0 Å². The molecule has 2 N–H and O–H groups in total. The Morgan fingerprint density at radius 3 is 3.00 bits per heavy atom. The summed E-state index contributed by atoms with van der Waals surface area (Å²) in [4.78, 5) is 16.0. The molecule has 1 amide bonds. The minimum atomic E-state index is -0.479. The van der Waals surface area contributed by atoms with Gasteiger partial charge >= 0.3 is 0 Å². The van der Waals surface area contributed by atoms with E-state index in [-0.39, 0.29) is 12.5 Å². The van der Waals surface area contributed by atoms with Crippen molar-refractivity contribution in [3.63, 3.8) is 0 Å². The van der Waals surface area contributed by atoms with Crippen LogP contribution in [0.3, 0.4) is 0 Å². The molecule has 0 bridgehead atoms. The normalized spacial score (nSPS) is 11.4. The topological polar surface area (TPSA) is 80.0 Å². The number of aryl methyl sites for hydroxylation is 1. The number of amides is 1. The number of nitrogens with one attached hydrogen (secondary N) is 1. The van der Waals surface area contributed by atoms with Crippen LogP contribution < -0.4 is 5.32 Å². The van der Waals surface area contributed by atoms with E-state index in [1.165, 1.54) is 17.3 Å². The first-order valence-electron chi connectivity index (χ1n) is 6.47. The zero-order chi connectivity index (χ0) is 15.2. The van der Waals surface area contributed by atoms with Crippen LogP contribution in [0.4, 0.5) is 5.69 Å². The van der Waals surface area contributed by atoms with Crippen molar-refractivity contribution in [3.05, 3.63) is 42.0 Å². The third-order valence-corrected chi connectivity index (χ3v) is 2.95. The smallest absolute Gasteiger partial charge is 0.249 e. The SMILES string of the molecule is Cc1ccc(NC(=O)C(C)n2cncn2)c(C#CCO)c1. The molecule has 1 unspecified atom stereocenters. The summed E-state index contributed by atoms with van der Waals surface area (Å²) in [5.74, 6) is 5.21. The predicted molar refractivity (Wildman–Crippen MR) is 78.5 cm³/mol. The van der Waals surface area contributed by atoms with Gasteiger partial charge in [-0.25, -0.2) is 9.67 Å². The maximum Gasteiger partial charge on any atom is 0.249 e. The number of nitrogens with zero attached hydrogens (tertiary/aromatic N) is 3. The van der Waals surface area contributed by atoms with Gasteiger partial charge in [-0.15, -0.1) is 0 Å². The van der Waals surface area contributed by atoms with Crippen molar-refractivity contribution in [1.82, 2.24) is 14.8 Å². The number of aliphatic hydroxyl groups is 1. The summed E-state index contributed by atoms with van der Waals surface area (Å²) in [5.41, 5.74) is 2.31. The second kappa shape index (κ2) is 6.68. The second-order valence-electron chi connectivity index (χ2n) is 4.55. The summed E-state index contributed by atoms with van der Waals surface area (Å²) in [6.45, 7) is 3.45. The highest BCUT2D eigenvalue weighted by Gasteiger charge is 2.16. The van der Waals surface area contributed by atoms with Gasteiger partial charge in [0, 0.05) is 5.56 Å². The highest BCUT2D eigenvalue weighted by Crippen LogP contribution is 2.18. The van der Waals surface area contributed by atoms with Gasteiger partial charge in [0.05, 0.1) is 5.69 Å². The molecule has 108 valence electrons. The van der Waals surface area contributed by atoms with Gasteiger partial charge < -0.3 is 10.4 Å². The largest absolute Gasteiger partial charge is 0.384 e. The van der Waals surface area contributed by atoms with Crippen molar-refractivity contribution < 1.29 is 9.90 Å². The lowest BCUT2D eigenvalue weighted by Crippen LogP contribution is -2.24. The lowest BCUT2D eigenvalue weighted by molar-refractivity contribution is -0.119. The van der Waals surface area contributed by atoms with Crippen LogP contribution in [-0.2, 0) is 4.79 Å².